The van der Waals surface area contributed by atoms with Crippen molar-refractivity contribution >= 4 is 25.1 Å². The van der Waals surface area contributed by atoms with Gasteiger partial charge < -0.3 is 19.6 Å². The van der Waals surface area contributed by atoms with Gasteiger partial charge in [-0.25, -0.2) is 9.97 Å². The fourth-order valence-corrected chi connectivity index (χ4v) is 5.59. The molecule has 8 nitrogen and oxygen atoms in total. The number of anilines is 1. The van der Waals surface area contributed by atoms with Crippen molar-refractivity contribution in [3.05, 3.63) is 70.6 Å². The molecule has 2 aliphatic rings. The molecule has 1 atom stereocenters. The normalized spacial score (nSPS) is 16.4. The number of hydrogen-bond donors (Lipinski definition) is 2. The number of oxazole rings is 1. The van der Waals surface area contributed by atoms with Crippen LogP contribution in [0.15, 0.2) is 41.3 Å². The number of aliphatic hydroxyl groups is 1. The molecular formula is C30H40N4O4S. The van der Waals surface area contributed by atoms with E-state index in [2.05, 4.69) is 33.2 Å². The number of fused-ring (bicyclic) bond motifs is 1. The number of aliphatic hydroxyl groups excluding tert-OH is 1. The Labute approximate surface area is 237 Å². The summed E-state index contributed by atoms with van der Waals surface area (Å²) >= 11 is 0. The second-order valence-corrected chi connectivity index (χ2v) is 10.6. The van der Waals surface area contributed by atoms with Crippen LogP contribution in [0.3, 0.4) is 0 Å². The van der Waals surface area contributed by atoms with Gasteiger partial charge in [0, 0.05) is 43.9 Å². The number of carbonyl (C=O) groups excluding carboxylic acids is 1. The third kappa shape index (κ3) is 7.41. The second kappa shape index (κ2) is 13.5. The van der Waals surface area contributed by atoms with Crippen LogP contribution in [0.2, 0.25) is 0 Å². The van der Waals surface area contributed by atoms with Gasteiger partial charge in [-0.2, -0.15) is 13.5 Å². The van der Waals surface area contributed by atoms with Crippen LogP contribution in [-0.4, -0.2) is 51.0 Å². The monoisotopic (exact) mass is 552 g/mol. The summed E-state index contributed by atoms with van der Waals surface area (Å²) in [7, 11) is 0. The molecule has 2 aromatic heterocycles. The standard InChI is InChI=1S/C30H38N4O4.H2S/c1-20-26-12-14-34(16-23(26)7-10-28(20)37-18-29-21(2)32-19-38-29)17-25(35)8-9-27(36)22-11-13-31-30(15-22)33-24-5-3-4-6-24;/h7,10-11,13,15,19,24-25,35H,3-6,8-9,12,14,16-18H2,1-2H3,(H,31,33);1H2/t25-;/m0./s1. The summed E-state index contributed by atoms with van der Waals surface area (Å²) in [6.45, 7) is 6.57. The Bertz CT molecular complexity index is 1260. The highest BCUT2D eigenvalue weighted by atomic mass is 32.1. The number of nitrogens with zero attached hydrogens (tertiary/aromatic N) is 3. The molecule has 3 heterocycles. The maximum atomic E-state index is 12.8. The van der Waals surface area contributed by atoms with Gasteiger partial charge in [-0.3, -0.25) is 9.69 Å². The largest absolute Gasteiger partial charge is 0.485 e. The Morgan fingerprint density at radius 1 is 1.23 bits per heavy atom. The predicted molar refractivity (Wildman–Crippen MR) is 156 cm³/mol. The second-order valence-electron chi connectivity index (χ2n) is 10.6. The van der Waals surface area contributed by atoms with E-state index in [-0.39, 0.29) is 19.3 Å². The Morgan fingerprint density at radius 3 is 2.82 bits per heavy atom. The van der Waals surface area contributed by atoms with Crippen LogP contribution >= 0.6 is 13.5 Å². The zero-order valence-corrected chi connectivity index (χ0v) is 23.9. The molecule has 1 aromatic carbocycles. The van der Waals surface area contributed by atoms with E-state index in [1.807, 2.05) is 19.1 Å². The lowest BCUT2D eigenvalue weighted by Crippen LogP contribution is -2.37. The summed E-state index contributed by atoms with van der Waals surface area (Å²) in [6.07, 6.45) is 9.07. The van der Waals surface area contributed by atoms with Crippen LogP contribution in [0.25, 0.3) is 0 Å². The molecule has 1 aliphatic carbocycles. The zero-order valence-electron chi connectivity index (χ0n) is 22.9. The first-order valence-corrected chi connectivity index (χ1v) is 13.8. The number of aryl methyl sites for hydroxylation is 1. The topological polar surface area (TPSA) is 101 Å². The lowest BCUT2D eigenvalue weighted by molar-refractivity contribution is 0.0836. The minimum atomic E-state index is -0.549. The molecule has 39 heavy (non-hydrogen) atoms. The minimum Gasteiger partial charge on any atom is -0.485 e. The van der Waals surface area contributed by atoms with Gasteiger partial charge in [0.2, 0.25) is 0 Å². The van der Waals surface area contributed by atoms with Crippen LogP contribution in [0, 0.1) is 13.8 Å². The fourth-order valence-electron chi connectivity index (χ4n) is 5.59. The number of benzene rings is 1. The highest BCUT2D eigenvalue weighted by Gasteiger charge is 2.22. The third-order valence-corrected chi connectivity index (χ3v) is 7.88. The molecule has 3 aromatic rings. The first kappa shape index (κ1) is 29.1. The summed E-state index contributed by atoms with van der Waals surface area (Å²) in [5.74, 6) is 2.43. The maximum absolute atomic E-state index is 12.8. The van der Waals surface area contributed by atoms with Crippen LogP contribution in [0.4, 0.5) is 5.82 Å². The summed E-state index contributed by atoms with van der Waals surface area (Å²) in [6, 6.07) is 8.21. The number of rotatable bonds is 11. The highest BCUT2D eigenvalue weighted by molar-refractivity contribution is 7.59. The summed E-state index contributed by atoms with van der Waals surface area (Å²) < 4.78 is 11.4. The van der Waals surface area contributed by atoms with E-state index >= 15 is 0 Å². The summed E-state index contributed by atoms with van der Waals surface area (Å²) in [5.41, 5.74) is 5.24. The molecule has 5 rings (SSSR count). The van der Waals surface area contributed by atoms with Crippen LogP contribution in [-0.2, 0) is 19.6 Å². The lowest BCUT2D eigenvalue weighted by Gasteiger charge is -2.31. The number of pyridine rings is 1. The maximum Gasteiger partial charge on any atom is 0.181 e. The molecule has 0 unspecified atom stereocenters. The Hall–Kier alpha value is -2.88. The number of β-amino-alcohol motifs (C(OH)–C–C–N with tert-alkyl or cyclic N) is 1. The average molecular weight is 553 g/mol. The Kier molecular flexibility index (Phi) is 10.0. The van der Waals surface area contributed by atoms with Crippen LogP contribution in [0.5, 0.6) is 5.75 Å². The predicted octanol–water partition coefficient (Wildman–Crippen LogP) is 5.11. The molecule has 210 valence electrons. The molecule has 0 radical (unpaired) electrons. The van der Waals surface area contributed by atoms with E-state index in [4.69, 9.17) is 9.15 Å². The van der Waals surface area contributed by atoms with Crippen LogP contribution < -0.4 is 10.1 Å². The summed E-state index contributed by atoms with van der Waals surface area (Å²) in [5, 5.41) is 14.2. The molecule has 1 saturated carbocycles. The van der Waals surface area contributed by atoms with E-state index in [1.165, 1.54) is 30.4 Å². The number of nitrogens with one attached hydrogen (secondary N) is 1. The molecule has 1 fully saturated rings. The number of aromatic nitrogens is 2. The molecular weight excluding hydrogens is 512 g/mol. The first-order chi connectivity index (χ1) is 18.5. The Balaban J connectivity index is 0.00000353. The highest BCUT2D eigenvalue weighted by Crippen LogP contribution is 2.30. The fraction of sp³-hybridized carbons (Fsp3) is 0.500. The quantitative estimate of drug-likeness (QED) is 0.317. The van der Waals surface area contributed by atoms with Crippen molar-refractivity contribution in [2.45, 2.75) is 84.1 Å². The van der Waals surface area contributed by atoms with E-state index in [0.29, 0.717) is 37.6 Å². The smallest absolute Gasteiger partial charge is 0.181 e. The molecule has 1 aliphatic heterocycles. The minimum absolute atomic E-state index is 0. The molecule has 0 saturated heterocycles. The summed E-state index contributed by atoms with van der Waals surface area (Å²) in [4.78, 5) is 23.6. The first-order valence-electron chi connectivity index (χ1n) is 13.8. The van der Waals surface area contributed by atoms with Gasteiger partial charge in [0.15, 0.2) is 17.9 Å². The zero-order chi connectivity index (χ0) is 26.5. The van der Waals surface area contributed by atoms with E-state index in [9.17, 15) is 9.90 Å². The lowest BCUT2D eigenvalue weighted by atomic mass is 9.94. The number of ether oxygens (including phenoxy) is 1. The van der Waals surface area contributed by atoms with Crippen molar-refractivity contribution in [2.24, 2.45) is 0 Å². The van der Waals surface area contributed by atoms with Crippen LogP contribution in [0.1, 0.15) is 77.0 Å². The average Bonchev–Trinajstić information content (AvgIpc) is 3.58. The van der Waals surface area contributed by atoms with Crippen molar-refractivity contribution < 1.29 is 19.1 Å². The number of carbonyl (C=O) groups is 1. The van der Waals surface area contributed by atoms with Gasteiger partial charge in [-0.1, -0.05) is 18.9 Å². The van der Waals surface area contributed by atoms with Crippen molar-refractivity contribution in [3.8, 4) is 5.75 Å². The number of hydrogen-bond acceptors (Lipinski definition) is 8. The molecule has 0 amide bonds. The van der Waals surface area contributed by atoms with Gasteiger partial charge >= 0.3 is 0 Å². The van der Waals surface area contributed by atoms with Gasteiger partial charge in [-0.05, 0) is 74.4 Å². The van der Waals surface area contributed by atoms with Gasteiger partial charge in [0.05, 0.1) is 11.8 Å². The molecule has 2 N–H and O–H groups in total. The van der Waals surface area contributed by atoms with Gasteiger partial charge in [0.25, 0.3) is 0 Å². The number of ketones is 1. The van der Waals surface area contributed by atoms with Crippen molar-refractivity contribution in [1.29, 1.82) is 0 Å². The van der Waals surface area contributed by atoms with E-state index in [0.717, 1.165) is 60.9 Å². The van der Waals surface area contributed by atoms with E-state index < -0.39 is 6.10 Å². The van der Waals surface area contributed by atoms with Crippen molar-refractivity contribution in [1.82, 2.24) is 14.9 Å². The SMILES string of the molecule is Cc1ncoc1COc1ccc2c(c1C)CCN(C[C@@H](O)CCC(=O)c1ccnc(NC3CCCC3)c1)C2.S. The number of Topliss-reactive ketones (excluding diaryl/α,β-unsaturated/α-hetero) is 1. The van der Waals surface area contributed by atoms with E-state index in [1.54, 1.807) is 12.3 Å². The van der Waals surface area contributed by atoms with Crippen molar-refractivity contribution in [3.63, 3.8) is 0 Å². The molecule has 0 spiro atoms. The van der Waals surface area contributed by atoms with Gasteiger partial charge in [0.1, 0.15) is 18.2 Å². The molecule has 9 heteroatoms. The van der Waals surface area contributed by atoms with Gasteiger partial charge in [-0.15, -0.1) is 0 Å². The molecule has 0 bridgehead atoms. The van der Waals surface area contributed by atoms with Crippen molar-refractivity contribution in [2.75, 3.05) is 18.4 Å². The Morgan fingerprint density at radius 2 is 2.05 bits per heavy atom. The third-order valence-electron chi connectivity index (χ3n) is 7.88.